The zero-order valence-corrected chi connectivity index (χ0v) is 20.2. The molecule has 3 aromatic rings. The first-order valence-electron chi connectivity index (χ1n) is 11.6. The minimum Gasteiger partial charge on any atom is -0.362 e. The maximum atomic E-state index is 14.3. The Balaban J connectivity index is 1.58. The molecule has 0 fully saturated rings. The van der Waals surface area contributed by atoms with Gasteiger partial charge >= 0.3 is 0 Å². The van der Waals surface area contributed by atoms with E-state index in [-0.39, 0.29) is 23.0 Å². The Kier molecular flexibility index (Phi) is 6.46. The van der Waals surface area contributed by atoms with Crippen molar-refractivity contribution in [3.8, 4) is 0 Å². The predicted octanol–water partition coefficient (Wildman–Crippen LogP) is 6.62. The molecule has 2 aliphatic rings. The fourth-order valence-electron chi connectivity index (χ4n) is 5.10. The Labute approximate surface area is 212 Å². The fourth-order valence-corrected chi connectivity index (χ4v) is 5.35. The van der Waals surface area contributed by atoms with E-state index in [1.165, 1.54) is 6.07 Å². The Morgan fingerprint density at radius 2 is 1.72 bits per heavy atom. The number of rotatable bonds is 4. The van der Waals surface area contributed by atoms with E-state index >= 15 is 0 Å². The monoisotopic (exact) mass is 504 g/mol. The first kappa shape index (κ1) is 23.9. The molecular weight excluding hydrogens is 482 g/mol. The van der Waals surface area contributed by atoms with Gasteiger partial charge in [0, 0.05) is 46.0 Å². The average molecular weight is 505 g/mol. The van der Waals surface area contributed by atoms with Crippen molar-refractivity contribution in [2.75, 3.05) is 5.32 Å². The first-order valence-corrected chi connectivity index (χ1v) is 12.0. The van der Waals surface area contributed by atoms with Crippen LogP contribution < -0.4 is 10.6 Å². The number of ketones is 1. The maximum Gasteiger partial charge on any atom is 0.254 e. The molecule has 1 heterocycles. The normalized spacial score (nSPS) is 19.6. The van der Waals surface area contributed by atoms with Crippen LogP contribution in [-0.4, -0.2) is 11.7 Å². The van der Waals surface area contributed by atoms with Crippen LogP contribution in [0.15, 0.2) is 95.3 Å². The van der Waals surface area contributed by atoms with Gasteiger partial charge in [0.05, 0.1) is 5.69 Å². The molecule has 0 bridgehead atoms. The second-order valence-corrected chi connectivity index (χ2v) is 9.43. The molecule has 2 N–H and O–H groups in total. The van der Waals surface area contributed by atoms with E-state index < -0.39 is 23.5 Å². The molecule has 0 saturated carbocycles. The van der Waals surface area contributed by atoms with Gasteiger partial charge in [-0.3, -0.25) is 9.59 Å². The topological polar surface area (TPSA) is 58.2 Å². The van der Waals surface area contributed by atoms with Crippen LogP contribution in [0.25, 0.3) is 0 Å². The molecular formula is C29H23ClF2N2O2. The van der Waals surface area contributed by atoms with E-state index in [2.05, 4.69) is 10.6 Å². The van der Waals surface area contributed by atoms with Gasteiger partial charge in [-0.2, -0.15) is 0 Å². The fraction of sp³-hybridized carbons (Fsp3) is 0.172. The molecule has 1 aliphatic carbocycles. The summed E-state index contributed by atoms with van der Waals surface area (Å²) in [7, 11) is 0. The van der Waals surface area contributed by atoms with Gasteiger partial charge in [0.25, 0.3) is 5.91 Å². The predicted molar refractivity (Wildman–Crippen MR) is 135 cm³/mol. The van der Waals surface area contributed by atoms with Crippen molar-refractivity contribution in [2.45, 2.75) is 31.6 Å². The summed E-state index contributed by atoms with van der Waals surface area (Å²) in [6.07, 6.45) is 0.900. The largest absolute Gasteiger partial charge is 0.362 e. The summed E-state index contributed by atoms with van der Waals surface area (Å²) in [6.45, 7) is 1.75. The van der Waals surface area contributed by atoms with Crippen LogP contribution in [0.5, 0.6) is 0 Å². The highest BCUT2D eigenvalue weighted by Crippen LogP contribution is 2.47. The Morgan fingerprint density at radius 1 is 1.00 bits per heavy atom. The number of dihydropyridines is 1. The van der Waals surface area contributed by atoms with Crippen molar-refractivity contribution in [2.24, 2.45) is 0 Å². The van der Waals surface area contributed by atoms with Crippen LogP contribution in [0.1, 0.15) is 42.7 Å². The van der Waals surface area contributed by atoms with Crippen molar-refractivity contribution in [3.63, 3.8) is 0 Å². The van der Waals surface area contributed by atoms with E-state index in [1.54, 1.807) is 31.2 Å². The van der Waals surface area contributed by atoms with E-state index in [4.69, 9.17) is 11.6 Å². The summed E-state index contributed by atoms with van der Waals surface area (Å²) in [4.78, 5) is 27.2. The second kappa shape index (κ2) is 9.70. The number of benzene rings is 3. The van der Waals surface area contributed by atoms with Gasteiger partial charge in [-0.1, -0.05) is 60.1 Å². The molecule has 2 atom stereocenters. The van der Waals surface area contributed by atoms with E-state index in [0.717, 1.165) is 17.3 Å². The molecule has 7 heteroatoms. The molecule has 182 valence electrons. The Morgan fingerprint density at radius 3 is 2.44 bits per heavy atom. The quantitative estimate of drug-likeness (QED) is 0.420. The third kappa shape index (κ3) is 4.44. The van der Waals surface area contributed by atoms with Gasteiger partial charge in [0.2, 0.25) is 0 Å². The minimum atomic E-state index is -0.890. The highest BCUT2D eigenvalue weighted by Gasteiger charge is 2.41. The van der Waals surface area contributed by atoms with Crippen LogP contribution in [0.4, 0.5) is 14.5 Å². The Hall–Kier alpha value is -3.77. The SMILES string of the molecule is CC1=C(C(=O)Nc2ccc(F)cc2F)[C@@H](c2ccccc2Cl)C2=C(C[C@H](c3ccccc3)CC2=O)N1. The lowest BCUT2D eigenvalue weighted by Crippen LogP contribution is -2.37. The zero-order valence-electron chi connectivity index (χ0n) is 19.4. The molecule has 0 saturated heterocycles. The van der Waals surface area contributed by atoms with Gasteiger partial charge in [-0.05, 0) is 48.6 Å². The molecule has 3 aromatic carbocycles. The average Bonchev–Trinajstić information content (AvgIpc) is 2.85. The number of anilines is 1. The highest BCUT2D eigenvalue weighted by molar-refractivity contribution is 6.31. The molecule has 4 nitrogen and oxygen atoms in total. The summed E-state index contributed by atoms with van der Waals surface area (Å²) in [5.41, 5.74) is 3.59. The summed E-state index contributed by atoms with van der Waals surface area (Å²) < 4.78 is 27.7. The molecule has 0 radical (unpaired) electrons. The first-order chi connectivity index (χ1) is 17.3. The molecule has 0 aromatic heterocycles. The number of hydrogen-bond donors (Lipinski definition) is 2. The van der Waals surface area contributed by atoms with Crippen LogP contribution in [0.3, 0.4) is 0 Å². The molecule has 36 heavy (non-hydrogen) atoms. The Bertz CT molecular complexity index is 1430. The standard InChI is InChI=1S/C29H23ClF2N2O2/c1-16-26(29(36)34-23-12-11-19(31)15-22(23)32)27(20-9-5-6-10-21(20)30)28-24(33-16)13-18(14-25(28)35)17-7-3-2-4-8-17/h2-12,15,18,27,33H,13-14H2,1H3,(H,34,36)/t18-,27+/m0/s1. The summed E-state index contributed by atoms with van der Waals surface area (Å²) >= 11 is 6.57. The third-order valence-electron chi connectivity index (χ3n) is 6.74. The third-order valence-corrected chi connectivity index (χ3v) is 7.08. The van der Waals surface area contributed by atoms with Crippen molar-refractivity contribution >= 4 is 29.0 Å². The van der Waals surface area contributed by atoms with Gasteiger partial charge in [-0.15, -0.1) is 0 Å². The summed E-state index contributed by atoms with van der Waals surface area (Å²) in [5, 5.41) is 6.25. The van der Waals surface area contributed by atoms with E-state index in [0.29, 0.717) is 40.8 Å². The van der Waals surface area contributed by atoms with Gasteiger partial charge in [0.15, 0.2) is 5.78 Å². The van der Waals surface area contributed by atoms with Crippen LogP contribution in [0, 0.1) is 11.6 Å². The number of carbonyl (C=O) groups is 2. The van der Waals surface area contributed by atoms with Crippen molar-refractivity contribution in [1.29, 1.82) is 0 Å². The zero-order chi connectivity index (χ0) is 25.4. The van der Waals surface area contributed by atoms with E-state index in [9.17, 15) is 18.4 Å². The number of amides is 1. The number of nitrogens with one attached hydrogen (secondary N) is 2. The number of Topliss-reactive ketones (excluding diaryl/α,β-unsaturated/α-hetero) is 1. The number of allylic oxidation sites excluding steroid dienone is 3. The van der Waals surface area contributed by atoms with Crippen molar-refractivity contribution in [3.05, 3.63) is 123 Å². The van der Waals surface area contributed by atoms with Gasteiger partial charge in [-0.25, -0.2) is 8.78 Å². The van der Waals surface area contributed by atoms with Crippen molar-refractivity contribution in [1.82, 2.24) is 5.32 Å². The lowest BCUT2D eigenvalue weighted by molar-refractivity contribution is -0.116. The number of hydrogen-bond acceptors (Lipinski definition) is 3. The van der Waals surface area contributed by atoms with Crippen molar-refractivity contribution < 1.29 is 18.4 Å². The smallest absolute Gasteiger partial charge is 0.254 e. The molecule has 0 spiro atoms. The van der Waals surface area contributed by atoms with Gasteiger partial charge < -0.3 is 10.6 Å². The summed E-state index contributed by atoms with van der Waals surface area (Å²) in [6, 6.07) is 19.9. The van der Waals surface area contributed by atoms with Crippen LogP contribution in [0.2, 0.25) is 5.02 Å². The van der Waals surface area contributed by atoms with E-state index in [1.807, 2.05) is 30.3 Å². The molecule has 5 rings (SSSR count). The minimum absolute atomic E-state index is 0.00772. The highest BCUT2D eigenvalue weighted by atomic mass is 35.5. The number of carbonyl (C=O) groups excluding carboxylic acids is 2. The van der Waals surface area contributed by atoms with Gasteiger partial charge in [0.1, 0.15) is 11.6 Å². The van der Waals surface area contributed by atoms with Crippen LogP contribution >= 0.6 is 11.6 Å². The summed E-state index contributed by atoms with van der Waals surface area (Å²) in [5.74, 6) is -3.03. The maximum absolute atomic E-state index is 14.3. The molecule has 1 amide bonds. The molecule has 1 aliphatic heterocycles. The lowest BCUT2D eigenvalue weighted by atomic mass is 9.71. The number of halogens is 3. The van der Waals surface area contributed by atoms with Crippen LogP contribution in [-0.2, 0) is 9.59 Å². The molecule has 0 unspecified atom stereocenters. The second-order valence-electron chi connectivity index (χ2n) is 9.03. The lowest BCUT2D eigenvalue weighted by Gasteiger charge is -2.37.